The molecule has 0 amide bonds. The minimum Gasteiger partial charge on any atom is -0.371 e. The molecule has 18 heavy (non-hydrogen) atoms. The summed E-state index contributed by atoms with van der Waals surface area (Å²) in [7, 11) is -4.44. The number of hydrogen-bond donors (Lipinski definition) is 2. The fourth-order valence-corrected chi connectivity index (χ4v) is 3.02. The summed E-state index contributed by atoms with van der Waals surface area (Å²) in [4.78, 5) is -0.188. The molecule has 0 radical (unpaired) electrons. The van der Waals surface area contributed by atoms with Gasteiger partial charge in [-0.05, 0) is 24.9 Å². The van der Waals surface area contributed by atoms with Gasteiger partial charge in [0.1, 0.15) is 0 Å². The molecule has 1 aliphatic heterocycles. The van der Waals surface area contributed by atoms with Crippen LogP contribution in [0.4, 0.5) is 0 Å². The average Bonchev–Trinajstić information content (AvgIpc) is 2.29. The summed E-state index contributed by atoms with van der Waals surface area (Å²) in [5, 5.41) is 9.98. The minimum atomic E-state index is -4.44. The second kappa shape index (κ2) is 4.97. The Kier molecular flexibility index (Phi) is 3.72. The third-order valence-electron chi connectivity index (χ3n) is 3.24. The lowest BCUT2D eigenvalue weighted by atomic mass is 10.1. The van der Waals surface area contributed by atoms with E-state index in [1.54, 1.807) is 0 Å². The van der Waals surface area contributed by atoms with Gasteiger partial charge in [0, 0.05) is 13.1 Å². The van der Waals surface area contributed by atoms with Crippen molar-refractivity contribution in [1.29, 1.82) is 0 Å². The van der Waals surface area contributed by atoms with Crippen LogP contribution < -0.4 is 0 Å². The number of nitrogens with zero attached hydrogens (tertiary/aromatic N) is 1. The van der Waals surface area contributed by atoms with E-state index in [1.807, 2.05) is 35.2 Å². The predicted octanol–water partition coefficient (Wildman–Crippen LogP) is 0.859. The van der Waals surface area contributed by atoms with Crippen molar-refractivity contribution >= 4 is 10.1 Å². The second-order valence-corrected chi connectivity index (χ2v) is 6.43. The molecule has 1 aromatic carbocycles. The second-order valence-electron chi connectivity index (χ2n) is 4.72. The molecule has 0 aromatic heterocycles. The highest BCUT2D eigenvalue weighted by Gasteiger charge is 2.44. The zero-order chi connectivity index (χ0) is 13.2. The standard InChI is InChI=1S/C12H17NO4S/c14-12(18(15,16)17)7-4-8-13(10-12)9-11-5-2-1-3-6-11/h1-3,5-6,14H,4,7-10H2,(H,15,16,17). The van der Waals surface area contributed by atoms with Crippen LogP contribution in [0.3, 0.4) is 0 Å². The summed E-state index contributed by atoms with van der Waals surface area (Å²) in [6.45, 7) is 1.23. The summed E-state index contributed by atoms with van der Waals surface area (Å²) >= 11 is 0. The number of rotatable bonds is 3. The first kappa shape index (κ1) is 13.5. The number of likely N-dealkylation sites (tertiary alicyclic amines) is 1. The van der Waals surface area contributed by atoms with Crippen molar-refractivity contribution in [2.75, 3.05) is 13.1 Å². The monoisotopic (exact) mass is 271 g/mol. The Morgan fingerprint density at radius 3 is 2.56 bits per heavy atom. The van der Waals surface area contributed by atoms with Crippen molar-refractivity contribution in [3.05, 3.63) is 35.9 Å². The molecule has 1 saturated heterocycles. The summed E-state index contributed by atoms with van der Waals surface area (Å²) in [5.74, 6) is 0. The molecule has 1 heterocycles. The summed E-state index contributed by atoms with van der Waals surface area (Å²) in [6.07, 6.45) is 0.625. The van der Waals surface area contributed by atoms with Gasteiger partial charge in [-0.1, -0.05) is 30.3 Å². The Hall–Kier alpha value is -0.950. The highest BCUT2D eigenvalue weighted by molar-refractivity contribution is 7.87. The SMILES string of the molecule is O=S(=O)(O)C1(O)CCCN(Cc2ccccc2)C1. The normalized spacial score (nSPS) is 26.1. The molecule has 1 atom stereocenters. The number of aliphatic hydroxyl groups is 1. The molecule has 1 aromatic rings. The van der Waals surface area contributed by atoms with Crippen LogP contribution in [0, 0.1) is 0 Å². The van der Waals surface area contributed by atoms with Crippen LogP contribution in [0.2, 0.25) is 0 Å². The van der Waals surface area contributed by atoms with Crippen molar-refractivity contribution in [3.8, 4) is 0 Å². The van der Waals surface area contributed by atoms with Gasteiger partial charge in [-0.15, -0.1) is 0 Å². The average molecular weight is 271 g/mol. The first-order valence-corrected chi connectivity index (χ1v) is 7.30. The van der Waals surface area contributed by atoms with Crippen LogP contribution >= 0.6 is 0 Å². The predicted molar refractivity (Wildman–Crippen MR) is 67.5 cm³/mol. The van der Waals surface area contributed by atoms with Crippen LogP contribution in [-0.2, 0) is 16.7 Å². The highest BCUT2D eigenvalue weighted by atomic mass is 32.2. The van der Waals surface area contributed by atoms with E-state index in [9.17, 15) is 13.5 Å². The Morgan fingerprint density at radius 2 is 1.94 bits per heavy atom. The summed E-state index contributed by atoms with van der Waals surface area (Å²) < 4.78 is 31.5. The molecule has 0 saturated carbocycles. The van der Waals surface area contributed by atoms with Gasteiger partial charge in [-0.25, -0.2) is 0 Å². The van der Waals surface area contributed by atoms with Gasteiger partial charge in [-0.3, -0.25) is 9.45 Å². The minimum absolute atomic E-state index is 0.0548. The van der Waals surface area contributed by atoms with Gasteiger partial charge >= 0.3 is 0 Å². The molecule has 0 spiro atoms. The van der Waals surface area contributed by atoms with E-state index in [4.69, 9.17) is 4.55 Å². The Labute approximate surface area is 107 Å². The van der Waals surface area contributed by atoms with Gasteiger partial charge < -0.3 is 5.11 Å². The first-order valence-electron chi connectivity index (χ1n) is 5.86. The molecule has 1 fully saturated rings. The maximum Gasteiger partial charge on any atom is 0.296 e. The van der Waals surface area contributed by atoms with Crippen molar-refractivity contribution in [2.45, 2.75) is 24.3 Å². The number of hydrogen-bond acceptors (Lipinski definition) is 4. The zero-order valence-corrected chi connectivity index (χ0v) is 10.8. The van der Waals surface area contributed by atoms with Crippen LogP contribution in [0.1, 0.15) is 18.4 Å². The molecule has 2 rings (SSSR count). The number of β-amino-alcohol motifs (C(OH)–C–C–N with tert-alkyl or cyclic N) is 1. The van der Waals surface area contributed by atoms with Crippen LogP contribution in [0.25, 0.3) is 0 Å². The topological polar surface area (TPSA) is 77.8 Å². The van der Waals surface area contributed by atoms with E-state index >= 15 is 0 Å². The van der Waals surface area contributed by atoms with E-state index in [0.29, 0.717) is 19.5 Å². The quantitative estimate of drug-likeness (QED) is 0.797. The van der Waals surface area contributed by atoms with Gasteiger partial charge in [0.05, 0.1) is 0 Å². The maximum absolute atomic E-state index is 11.2. The zero-order valence-electron chi connectivity index (χ0n) is 9.99. The fourth-order valence-electron chi connectivity index (χ4n) is 2.27. The summed E-state index contributed by atoms with van der Waals surface area (Å²) in [6, 6.07) is 9.62. The van der Waals surface area contributed by atoms with Gasteiger partial charge in [0.25, 0.3) is 10.1 Å². The van der Waals surface area contributed by atoms with Crippen LogP contribution in [-0.4, -0.2) is 41.0 Å². The fraction of sp³-hybridized carbons (Fsp3) is 0.500. The largest absolute Gasteiger partial charge is 0.371 e. The molecule has 5 nitrogen and oxygen atoms in total. The van der Waals surface area contributed by atoms with E-state index in [2.05, 4.69) is 0 Å². The number of piperidine rings is 1. The van der Waals surface area contributed by atoms with Crippen molar-refractivity contribution in [2.24, 2.45) is 0 Å². The molecule has 1 unspecified atom stereocenters. The lowest BCUT2D eigenvalue weighted by Gasteiger charge is -2.36. The Bertz CT molecular complexity index is 502. The molecule has 1 aliphatic rings. The van der Waals surface area contributed by atoms with Gasteiger partial charge in [0.15, 0.2) is 0 Å². The van der Waals surface area contributed by atoms with Crippen molar-refractivity contribution in [3.63, 3.8) is 0 Å². The number of benzene rings is 1. The Balaban J connectivity index is 2.08. The van der Waals surface area contributed by atoms with E-state index in [0.717, 1.165) is 5.56 Å². The molecule has 2 N–H and O–H groups in total. The van der Waals surface area contributed by atoms with Gasteiger partial charge in [0.2, 0.25) is 4.93 Å². The van der Waals surface area contributed by atoms with E-state index < -0.39 is 15.1 Å². The lowest BCUT2D eigenvalue weighted by molar-refractivity contribution is 0.0247. The van der Waals surface area contributed by atoms with Crippen LogP contribution in [0.5, 0.6) is 0 Å². The summed E-state index contributed by atoms with van der Waals surface area (Å²) in [5.41, 5.74) is 1.05. The molecule has 6 heteroatoms. The molecule has 0 aliphatic carbocycles. The molecule has 100 valence electrons. The maximum atomic E-state index is 11.2. The Morgan fingerprint density at radius 1 is 1.28 bits per heavy atom. The molecular weight excluding hydrogens is 254 g/mol. The molecule has 0 bridgehead atoms. The van der Waals surface area contributed by atoms with Crippen molar-refractivity contribution < 1.29 is 18.1 Å². The van der Waals surface area contributed by atoms with Crippen LogP contribution in [0.15, 0.2) is 30.3 Å². The van der Waals surface area contributed by atoms with Crippen molar-refractivity contribution in [1.82, 2.24) is 4.90 Å². The third kappa shape index (κ3) is 2.89. The first-order chi connectivity index (χ1) is 8.41. The molecular formula is C12H17NO4S. The highest BCUT2D eigenvalue weighted by Crippen LogP contribution is 2.26. The smallest absolute Gasteiger partial charge is 0.296 e. The van der Waals surface area contributed by atoms with Gasteiger partial charge in [-0.2, -0.15) is 8.42 Å². The van der Waals surface area contributed by atoms with E-state index in [-0.39, 0.29) is 13.0 Å². The third-order valence-corrected chi connectivity index (χ3v) is 4.54. The lowest BCUT2D eigenvalue weighted by Crippen LogP contribution is -2.52. The van der Waals surface area contributed by atoms with E-state index in [1.165, 1.54) is 0 Å².